The molecule has 0 bridgehead atoms. The highest BCUT2D eigenvalue weighted by molar-refractivity contribution is 5.70. The van der Waals surface area contributed by atoms with Crippen molar-refractivity contribution in [2.75, 3.05) is 29.9 Å². The van der Waals surface area contributed by atoms with Crippen molar-refractivity contribution in [3.8, 4) is 0 Å². The van der Waals surface area contributed by atoms with Crippen LogP contribution >= 0.6 is 0 Å². The average molecular weight is 316 g/mol. The summed E-state index contributed by atoms with van der Waals surface area (Å²) in [6, 6.07) is 8.30. The van der Waals surface area contributed by atoms with E-state index in [1.54, 1.807) is 0 Å². The molecule has 23 heavy (non-hydrogen) atoms. The van der Waals surface area contributed by atoms with Gasteiger partial charge in [0, 0.05) is 26.1 Å². The van der Waals surface area contributed by atoms with Gasteiger partial charge < -0.3 is 19.8 Å². The molecule has 1 aliphatic rings. The maximum atomic E-state index is 9.28. The van der Waals surface area contributed by atoms with Crippen molar-refractivity contribution in [2.24, 2.45) is 5.92 Å². The lowest BCUT2D eigenvalue weighted by atomic mass is 9.97. The van der Waals surface area contributed by atoms with E-state index in [4.69, 9.17) is 4.52 Å². The summed E-state index contributed by atoms with van der Waals surface area (Å²) in [5, 5.41) is 16.7. The molecule has 0 aliphatic carbocycles. The fourth-order valence-corrected chi connectivity index (χ4v) is 2.94. The summed E-state index contributed by atoms with van der Waals surface area (Å²) in [4.78, 5) is 6.70. The molecule has 6 nitrogen and oxygen atoms in total. The van der Waals surface area contributed by atoms with Crippen molar-refractivity contribution in [1.82, 2.24) is 10.1 Å². The van der Waals surface area contributed by atoms with Gasteiger partial charge in [0.1, 0.15) is 0 Å². The van der Waals surface area contributed by atoms with Crippen LogP contribution in [0.4, 0.5) is 11.4 Å². The third-order valence-corrected chi connectivity index (χ3v) is 4.37. The van der Waals surface area contributed by atoms with E-state index in [1.807, 2.05) is 13.0 Å². The third-order valence-electron chi connectivity index (χ3n) is 4.37. The minimum absolute atomic E-state index is 0.297. The minimum atomic E-state index is 0.297. The van der Waals surface area contributed by atoms with Crippen LogP contribution in [0.2, 0.25) is 0 Å². The zero-order valence-corrected chi connectivity index (χ0v) is 13.5. The molecule has 0 amide bonds. The first-order valence-electron chi connectivity index (χ1n) is 8.30. The maximum Gasteiger partial charge on any atom is 0.226 e. The van der Waals surface area contributed by atoms with E-state index in [1.165, 1.54) is 5.69 Å². The Labute approximate surface area is 136 Å². The fraction of sp³-hybridized carbons (Fsp3) is 0.529. The summed E-state index contributed by atoms with van der Waals surface area (Å²) >= 11 is 0. The van der Waals surface area contributed by atoms with Crippen molar-refractivity contribution < 1.29 is 9.63 Å². The van der Waals surface area contributed by atoms with Crippen LogP contribution < -0.4 is 10.2 Å². The second-order valence-electron chi connectivity index (χ2n) is 5.94. The molecule has 1 fully saturated rings. The van der Waals surface area contributed by atoms with Crippen molar-refractivity contribution in [2.45, 2.75) is 32.7 Å². The summed E-state index contributed by atoms with van der Waals surface area (Å²) < 4.78 is 5.14. The van der Waals surface area contributed by atoms with Crippen molar-refractivity contribution in [3.05, 3.63) is 36.0 Å². The quantitative estimate of drug-likeness (QED) is 0.853. The van der Waals surface area contributed by atoms with Crippen LogP contribution in [0.1, 0.15) is 31.5 Å². The second-order valence-corrected chi connectivity index (χ2v) is 5.94. The first-order valence-corrected chi connectivity index (χ1v) is 8.30. The molecule has 2 heterocycles. The van der Waals surface area contributed by atoms with Gasteiger partial charge in [-0.2, -0.15) is 4.98 Å². The Balaban J connectivity index is 1.66. The van der Waals surface area contributed by atoms with Crippen molar-refractivity contribution >= 4 is 11.4 Å². The molecule has 124 valence electrons. The molecule has 3 rings (SSSR count). The number of benzene rings is 1. The molecule has 6 heteroatoms. The van der Waals surface area contributed by atoms with E-state index in [9.17, 15) is 5.11 Å². The van der Waals surface area contributed by atoms with E-state index in [0.717, 1.165) is 38.0 Å². The van der Waals surface area contributed by atoms with Gasteiger partial charge in [0.2, 0.25) is 5.89 Å². The number of nitrogens with zero attached hydrogens (tertiary/aromatic N) is 3. The smallest absolute Gasteiger partial charge is 0.226 e. The zero-order chi connectivity index (χ0) is 16.1. The van der Waals surface area contributed by atoms with Gasteiger partial charge in [0.05, 0.1) is 17.9 Å². The minimum Gasteiger partial charge on any atom is -0.396 e. The van der Waals surface area contributed by atoms with Crippen LogP contribution in [0.3, 0.4) is 0 Å². The summed E-state index contributed by atoms with van der Waals surface area (Å²) in [7, 11) is 0. The average Bonchev–Trinajstić information content (AvgIpc) is 3.08. The lowest BCUT2D eigenvalue weighted by molar-refractivity contribution is 0.203. The Kier molecular flexibility index (Phi) is 5.12. The number of hydrogen-bond donors (Lipinski definition) is 2. The van der Waals surface area contributed by atoms with Gasteiger partial charge in [-0.05, 0) is 30.9 Å². The number of nitrogens with one attached hydrogen (secondary N) is 1. The summed E-state index contributed by atoms with van der Waals surface area (Å²) in [6.45, 7) is 4.80. The van der Waals surface area contributed by atoms with Crippen molar-refractivity contribution in [3.63, 3.8) is 0 Å². The molecule has 0 spiro atoms. The Morgan fingerprint density at radius 2 is 2.09 bits per heavy atom. The highest BCUT2D eigenvalue weighted by atomic mass is 16.5. The number of rotatable bonds is 6. The van der Waals surface area contributed by atoms with Gasteiger partial charge >= 0.3 is 0 Å². The number of aliphatic hydroxyl groups excluding tert-OH is 1. The van der Waals surface area contributed by atoms with Gasteiger partial charge in [0.15, 0.2) is 5.82 Å². The third kappa shape index (κ3) is 3.82. The second kappa shape index (κ2) is 7.46. The summed E-state index contributed by atoms with van der Waals surface area (Å²) in [5.74, 6) is 1.79. The van der Waals surface area contributed by atoms with Crippen LogP contribution in [0.5, 0.6) is 0 Å². The first-order chi connectivity index (χ1) is 11.3. The van der Waals surface area contributed by atoms with Gasteiger partial charge in [-0.1, -0.05) is 24.2 Å². The zero-order valence-electron chi connectivity index (χ0n) is 13.5. The fourth-order valence-electron chi connectivity index (χ4n) is 2.94. The number of hydrogen-bond acceptors (Lipinski definition) is 6. The van der Waals surface area contributed by atoms with Gasteiger partial charge in [-0.25, -0.2) is 0 Å². The lowest BCUT2D eigenvalue weighted by Crippen LogP contribution is -2.35. The molecular formula is C17H24N4O2. The topological polar surface area (TPSA) is 74.4 Å². The molecule has 1 aromatic heterocycles. The number of aliphatic hydroxyl groups is 1. The van der Waals surface area contributed by atoms with Gasteiger partial charge in [-0.3, -0.25) is 0 Å². The number of aromatic nitrogens is 2. The van der Waals surface area contributed by atoms with Gasteiger partial charge in [0.25, 0.3) is 0 Å². The highest BCUT2D eigenvalue weighted by Gasteiger charge is 2.20. The standard InChI is InChI=1S/C17H24N4O2/c1-2-17-19-16(20-23-17)11-18-14-5-3-4-6-15(14)21-9-7-13(12-22)8-10-21/h3-6,13,18,22H,2,7-12H2,1H3. The lowest BCUT2D eigenvalue weighted by Gasteiger charge is -2.34. The van der Waals surface area contributed by atoms with E-state index in [-0.39, 0.29) is 0 Å². The normalized spacial score (nSPS) is 15.8. The van der Waals surface area contributed by atoms with E-state index in [0.29, 0.717) is 30.8 Å². The predicted molar refractivity (Wildman–Crippen MR) is 89.5 cm³/mol. The predicted octanol–water partition coefficient (Wildman–Crippen LogP) is 2.45. The van der Waals surface area contributed by atoms with Crippen LogP contribution in [0, 0.1) is 5.92 Å². The molecule has 2 aromatic rings. The molecule has 2 N–H and O–H groups in total. The number of para-hydroxylation sites is 2. The largest absolute Gasteiger partial charge is 0.396 e. The van der Waals surface area contributed by atoms with Crippen LogP contribution in [-0.2, 0) is 13.0 Å². The number of anilines is 2. The molecule has 0 radical (unpaired) electrons. The molecule has 0 saturated carbocycles. The van der Waals surface area contributed by atoms with Crippen LogP contribution in [-0.4, -0.2) is 34.9 Å². The van der Waals surface area contributed by atoms with Crippen LogP contribution in [0.15, 0.2) is 28.8 Å². The molecule has 1 aromatic carbocycles. The number of aryl methyl sites for hydroxylation is 1. The van der Waals surface area contributed by atoms with Crippen molar-refractivity contribution in [1.29, 1.82) is 0 Å². The Bertz CT molecular complexity index is 621. The molecule has 1 aliphatic heterocycles. The summed E-state index contributed by atoms with van der Waals surface area (Å²) in [6.07, 6.45) is 2.83. The van der Waals surface area contributed by atoms with E-state index < -0.39 is 0 Å². The molecule has 0 unspecified atom stereocenters. The highest BCUT2D eigenvalue weighted by Crippen LogP contribution is 2.29. The Morgan fingerprint density at radius 1 is 1.30 bits per heavy atom. The Morgan fingerprint density at radius 3 is 2.78 bits per heavy atom. The van der Waals surface area contributed by atoms with Crippen LogP contribution in [0.25, 0.3) is 0 Å². The number of piperidine rings is 1. The SMILES string of the molecule is CCc1nc(CNc2ccccc2N2CCC(CO)CC2)no1. The Hall–Kier alpha value is -2.08. The van der Waals surface area contributed by atoms with E-state index in [2.05, 4.69) is 38.6 Å². The maximum absolute atomic E-state index is 9.28. The first kappa shape index (κ1) is 15.8. The molecule has 0 atom stereocenters. The van der Waals surface area contributed by atoms with Gasteiger partial charge in [-0.15, -0.1) is 0 Å². The van der Waals surface area contributed by atoms with E-state index >= 15 is 0 Å². The monoisotopic (exact) mass is 316 g/mol. The summed E-state index contributed by atoms with van der Waals surface area (Å²) in [5.41, 5.74) is 2.28. The molecule has 1 saturated heterocycles. The molecular weight excluding hydrogens is 292 g/mol.